The highest BCUT2D eigenvalue weighted by molar-refractivity contribution is 5.90. The first-order valence-electron chi connectivity index (χ1n) is 12.0. The molecule has 2 N–H and O–H groups in total. The summed E-state index contributed by atoms with van der Waals surface area (Å²) in [6.45, 7) is 11.6. The number of terminal acetylenes is 1. The Bertz CT molecular complexity index is 1160. The zero-order valence-corrected chi connectivity index (χ0v) is 22.2. The van der Waals surface area contributed by atoms with Crippen LogP contribution in [0, 0.1) is 24.5 Å². The van der Waals surface area contributed by atoms with Gasteiger partial charge in [0.2, 0.25) is 5.82 Å². The van der Waals surface area contributed by atoms with E-state index in [2.05, 4.69) is 52.2 Å². The molecule has 0 aliphatic carbocycles. The maximum absolute atomic E-state index is 14.2. The van der Waals surface area contributed by atoms with Gasteiger partial charge in [-0.2, -0.15) is 10.2 Å². The van der Waals surface area contributed by atoms with E-state index in [0.717, 1.165) is 5.56 Å². The molecule has 7 nitrogen and oxygen atoms in total. The highest BCUT2D eigenvalue weighted by atomic mass is 19.1. The van der Waals surface area contributed by atoms with Crippen LogP contribution in [0.2, 0.25) is 0 Å². The molecule has 198 valence electrons. The Morgan fingerprint density at radius 2 is 1.65 bits per heavy atom. The van der Waals surface area contributed by atoms with Crippen LogP contribution in [0.15, 0.2) is 36.5 Å². The molecule has 2 heterocycles. The number of nitrogens with one attached hydrogen (secondary N) is 1. The summed E-state index contributed by atoms with van der Waals surface area (Å²) in [5.74, 6) is -2.31. The third-order valence-electron chi connectivity index (χ3n) is 4.99. The third kappa shape index (κ3) is 8.69. The number of aliphatic hydroxyl groups excluding tert-OH is 1. The quantitative estimate of drug-likeness (QED) is 0.420. The van der Waals surface area contributed by atoms with Crippen LogP contribution in [0.25, 0.3) is 11.3 Å². The predicted octanol–water partition coefficient (Wildman–Crippen LogP) is 5.26. The van der Waals surface area contributed by atoms with Gasteiger partial charge in [-0.25, -0.2) is 18.7 Å². The van der Waals surface area contributed by atoms with Crippen LogP contribution in [-0.4, -0.2) is 43.8 Å². The smallest absolute Gasteiger partial charge is 0.289 e. The molecule has 9 heteroatoms. The number of nitrogens with zero attached hydrogens (tertiary/aromatic N) is 4. The van der Waals surface area contributed by atoms with Gasteiger partial charge in [-0.05, 0) is 42.7 Å². The molecule has 0 aliphatic heterocycles. The minimum atomic E-state index is -0.710. The Hall–Kier alpha value is -3.77. The van der Waals surface area contributed by atoms with Crippen LogP contribution in [-0.2, 0) is 0 Å². The number of hydrogen-bond donors (Lipinski definition) is 2. The Balaban J connectivity index is 0.00000127. The Morgan fingerprint density at radius 1 is 1.05 bits per heavy atom. The number of carbonyl (C=O) groups is 1. The largest absolute Gasteiger partial charge is 0.392 e. The molecule has 0 saturated carbocycles. The van der Waals surface area contributed by atoms with Crippen molar-refractivity contribution in [2.24, 2.45) is 0 Å². The fraction of sp³-hybridized carbons (Fsp3) is 0.393. The van der Waals surface area contributed by atoms with Crippen molar-refractivity contribution >= 4 is 5.91 Å². The van der Waals surface area contributed by atoms with E-state index in [-0.39, 0.29) is 35.5 Å². The number of aromatic nitrogens is 4. The molecule has 0 radical (unpaired) electrons. The molecule has 2 atom stereocenters. The minimum Gasteiger partial charge on any atom is -0.392 e. The highest BCUT2D eigenvalue weighted by Gasteiger charge is 2.23. The molecular weight excluding hydrogens is 476 g/mol. The molecule has 1 amide bonds. The SMILES string of the molecule is C#C.CC(C)c1cc(-c2c(F)cccc2F)nnc1C(C)c1ccnc(C(=O)NC[C@@H](C)O)n1.CCC. The van der Waals surface area contributed by atoms with Gasteiger partial charge in [0.05, 0.1) is 28.7 Å². The number of aliphatic hydroxyl groups is 1. The van der Waals surface area contributed by atoms with Gasteiger partial charge < -0.3 is 10.4 Å². The zero-order chi connectivity index (χ0) is 28.1. The second kappa shape index (κ2) is 15.4. The molecule has 0 aliphatic rings. The number of benzene rings is 1. The molecule has 3 rings (SSSR count). The fourth-order valence-corrected chi connectivity index (χ4v) is 3.26. The standard InChI is InChI=1S/C23H25F2N5O2.C3H8.C2H2/c1-12(2)15-10-19(20-16(24)6-5-7-17(20)25)29-30-21(15)14(4)18-8-9-26-22(28-18)23(32)27-11-13(3)31;1-3-2;1-2/h5-10,12-14,31H,11H2,1-4H3,(H,27,32);3H2,1-2H3;1-2H/t13-,14?;;/m1../s1. The predicted molar refractivity (Wildman–Crippen MR) is 141 cm³/mol. The Morgan fingerprint density at radius 3 is 2.19 bits per heavy atom. The summed E-state index contributed by atoms with van der Waals surface area (Å²) in [5.41, 5.74) is 1.79. The molecule has 0 spiro atoms. The van der Waals surface area contributed by atoms with Crippen LogP contribution >= 0.6 is 0 Å². The van der Waals surface area contributed by atoms with E-state index < -0.39 is 23.6 Å². The van der Waals surface area contributed by atoms with E-state index in [4.69, 9.17) is 0 Å². The molecule has 0 saturated heterocycles. The van der Waals surface area contributed by atoms with E-state index in [9.17, 15) is 18.7 Å². The summed E-state index contributed by atoms with van der Waals surface area (Å²) in [4.78, 5) is 20.6. The number of amides is 1. The van der Waals surface area contributed by atoms with Gasteiger partial charge in [0.15, 0.2) is 0 Å². The Kier molecular flexibility index (Phi) is 13.0. The van der Waals surface area contributed by atoms with E-state index in [1.807, 2.05) is 20.8 Å². The number of halogens is 2. The van der Waals surface area contributed by atoms with Crippen LogP contribution in [0.1, 0.15) is 87.4 Å². The van der Waals surface area contributed by atoms with Gasteiger partial charge in [-0.15, -0.1) is 12.8 Å². The summed E-state index contributed by atoms with van der Waals surface area (Å²) in [7, 11) is 0. The van der Waals surface area contributed by atoms with Crippen molar-refractivity contribution in [1.29, 1.82) is 0 Å². The topological polar surface area (TPSA) is 101 Å². The molecule has 1 aromatic carbocycles. The summed E-state index contributed by atoms with van der Waals surface area (Å²) in [6.07, 6.45) is 10.0. The second-order valence-electron chi connectivity index (χ2n) is 8.61. The average Bonchev–Trinajstić information content (AvgIpc) is 2.88. The van der Waals surface area contributed by atoms with Crippen molar-refractivity contribution in [2.45, 2.75) is 65.9 Å². The highest BCUT2D eigenvalue weighted by Crippen LogP contribution is 2.32. The fourth-order valence-electron chi connectivity index (χ4n) is 3.26. The summed E-state index contributed by atoms with van der Waals surface area (Å²) < 4.78 is 28.5. The van der Waals surface area contributed by atoms with Gasteiger partial charge in [-0.1, -0.05) is 47.1 Å². The van der Waals surface area contributed by atoms with Crippen LogP contribution < -0.4 is 5.32 Å². The minimum absolute atomic E-state index is 0.00724. The maximum atomic E-state index is 14.2. The maximum Gasteiger partial charge on any atom is 0.289 e. The lowest BCUT2D eigenvalue weighted by molar-refractivity contribution is 0.0913. The van der Waals surface area contributed by atoms with Crippen LogP contribution in [0.4, 0.5) is 8.78 Å². The van der Waals surface area contributed by atoms with E-state index >= 15 is 0 Å². The molecule has 0 bridgehead atoms. The zero-order valence-electron chi connectivity index (χ0n) is 22.2. The molecule has 3 aromatic rings. The van der Waals surface area contributed by atoms with Crippen molar-refractivity contribution < 1.29 is 18.7 Å². The summed E-state index contributed by atoms with van der Waals surface area (Å²) in [5, 5.41) is 20.3. The van der Waals surface area contributed by atoms with Crippen molar-refractivity contribution in [2.75, 3.05) is 6.54 Å². The summed E-state index contributed by atoms with van der Waals surface area (Å²) in [6, 6.07) is 6.97. The van der Waals surface area contributed by atoms with E-state index in [1.165, 1.54) is 30.8 Å². The lowest BCUT2D eigenvalue weighted by Gasteiger charge is -2.18. The lowest BCUT2D eigenvalue weighted by atomic mass is 9.92. The second-order valence-corrected chi connectivity index (χ2v) is 8.61. The van der Waals surface area contributed by atoms with Crippen molar-refractivity contribution in [3.05, 3.63) is 70.9 Å². The average molecular weight is 512 g/mol. The van der Waals surface area contributed by atoms with Crippen molar-refractivity contribution in [1.82, 2.24) is 25.5 Å². The van der Waals surface area contributed by atoms with Gasteiger partial charge in [-0.3, -0.25) is 4.79 Å². The number of carbonyl (C=O) groups excluding carboxylic acids is 1. The lowest BCUT2D eigenvalue weighted by Crippen LogP contribution is -2.32. The van der Waals surface area contributed by atoms with Crippen molar-refractivity contribution in [3.8, 4) is 24.1 Å². The first-order valence-corrected chi connectivity index (χ1v) is 12.0. The van der Waals surface area contributed by atoms with Gasteiger partial charge >= 0.3 is 0 Å². The van der Waals surface area contributed by atoms with Gasteiger partial charge in [0.25, 0.3) is 5.91 Å². The molecular formula is C28H35F2N5O2. The van der Waals surface area contributed by atoms with Gasteiger partial charge in [0.1, 0.15) is 11.6 Å². The molecule has 37 heavy (non-hydrogen) atoms. The monoisotopic (exact) mass is 511 g/mol. The first-order chi connectivity index (χ1) is 17.6. The van der Waals surface area contributed by atoms with Crippen LogP contribution in [0.5, 0.6) is 0 Å². The van der Waals surface area contributed by atoms with Gasteiger partial charge in [0, 0.05) is 18.7 Å². The van der Waals surface area contributed by atoms with E-state index in [1.54, 1.807) is 19.1 Å². The third-order valence-corrected chi connectivity index (χ3v) is 4.99. The molecule has 2 aromatic heterocycles. The van der Waals surface area contributed by atoms with E-state index in [0.29, 0.717) is 11.4 Å². The molecule has 1 unspecified atom stereocenters. The molecule has 0 fully saturated rings. The van der Waals surface area contributed by atoms with Crippen LogP contribution in [0.3, 0.4) is 0 Å². The van der Waals surface area contributed by atoms with Crippen molar-refractivity contribution in [3.63, 3.8) is 0 Å². The summed E-state index contributed by atoms with van der Waals surface area (Å²) >= 11 is 0. The number of rotatable bonds is 7. The first kappa shape index (κ1) is 31.3. The number of hydrogen-bond acceptors (Lipinski definition) is 6. The Labute approximate surface area is 217 Å². The normalized spacial score (nSPS) is 11.9.